The number of ketones is 1. The van der Waals surface area contributed by atoms with Crippen LogP contribution in [0, 0.1) is 5.92 Å². The summed E-state index contributed by atoms with van der Waals surface area (Å²) in [6.07, 6.45) is 3.36. The maximum Gasteiger partial charge on any atom is 0.230 e. The van der Waals surface area contributed by atoms with Crippen LogP contribution in [0.5, 0.6) is 0 Å². The molecule has 1 heterocycles. The minimum Gasteiger partial charge on any atom is -0.312 e. The highest BCUT2D eigenvalue weighted by Crippen LogP contribution is 2.31. The Morgan fingerprint density at radius 2 is 1.86 bits per heavy atom. The van der Waals surface area contributed by atoms with Crippen LogP contribution in [-0.2, 0) is 11.2 Å². The van der Waals surface area contributed by atoms with E-state index in [1.807, 2.05) is 30.0 Å². The third-order valence-corrected chi connectivity index (χ3v) is 5.57. The Kier molecular flexibility index (Phi) is 5.79. The number of alkyl halides is 1. The van der Waals surface area contributed by atoms with E-state index in [9.17, 15) is 9.59 Å². The van der Waals surface area contributed by atoms with Gasteiger partial charge in [-0.3, -0.25) is 9.59 Å². The van der Waals surface area contributed by atoms with E-state index >= 15 is 0 Å². The van der Waals surface area contributed by atoms with Crippen molar-refractivity contribution in [2.45, 2.75) is 51.3 Å². The van der Waals surface area contributed by atoms with Crippen molar-refractivity contribution >= 4 is 33.3 Å². The van der Waals surface area contributed by atoms with Gasteiger partial charge in [-0.15, -0.1) is 0 Å². The SMILES string of the molecule is CCC(Br)C(=O)c1ccc2c(c1)CCN2C(=O)C(CC)CC. The second-order valence-electron chi connectivity index (χ2n) is 5.84. The normalized spacial score (nSPS) is 15.0. The van der Waals surface area contributed by atoms with Crippen LogP contribution in [-0.4, -0.2) is 23.1 Å². The smallest absolute Gasteiger partial charge is 0.230 e. The molecule has 3 nitrogen and oxygen atoms in total. The molecule has 0 fully saturated rings. The fourth-order valence-corrected chi connectivity index (χ4v) is 3.27. The lowest BCUT2D eigenvalue weighted by Crippen LogP contribution is -2.34. The molecule has 0 N–H and O–H groups in total. The molecule has 0 aromatic heterocycles. The maximum absolute atomic E-state index is 12.6. The Balaban J connectivity index is 2.24. The van der Waals surface area contributed by atoms with Crippen molar-refractivity contribution in [1.29, 1.82) is 0 Å². The highest BCUT2D eigenvalue weighted by atomic mass is 79.9. The Labute approximate surface area is 141 Å². The summed E-state index contributed by atoms with van der Waals surface area (Å²) < 4.78 is 0. The highest BCUT2D eigenvalue weighted by molar-refractivity contribution is 9.10. The number of hydrogen-bond donors (Lipinski definition) is 0. The number of rotatable bonds is 6. The fourth-order valence-electron chi connectivity index (χ4n) is 3.01. The van der Waals surface area contributed by atoms with Gasteiger partial charge in [0.05, 0.1) is 4.83 Å². The van der Waals surface area contributed by atoms with Gasteiger partial charge in [0.1, 0.15) is 0 Å². The van der Waals surface area contributed by atoms with E-state index in [-0.39, 0.29) is 22.4 Å². The summed E-state index contributed by atoms with van der Waals surface area (Å²) in [6, 6.07) is 5.75. The van der Waals surface area contributed by atoms with E-state index in [0.717, 1.165) is 49.0 Å². The van der Waals surface area contributed by atoms with E-state index in [2.05, 4.69) is 29.8 Å². The van der Waals surface area contributed by atoms with Gasteiger partial charge in [-0.1, -0.05) is 36.7 Å². The zero-order valence-electron chi connectivity index (χ0n) is 13.6. The Morgan fingerprint density at radius 1 is 1.18 bits per heavy atom. The minimum absolute atomic E-state index is 0.0965. The topological polar surface area (TPSA) is 37.4 Å². The molecule has 4 heteroatoms. The molecule has 2 rings (SSSR count). The number of anilines is 1. The lowest BCUT2D eigenvalue weighted by Gasteiger charge is -2.22. The van der Waals surface area contributed by atoms with E-state index in [1.165, 1.54) is 0 Å². The number of nitrogens with zero attached hydrogens (tertiary/aromatic N) is 1. The molecule has 1 aromatic carbocycles. The van der Waals surface area contributed by atoms with Gasteiger partial charge >= 0.3 is 0 Å². The number of benzene rings is 1. The summed E-state index contributed by atoms with van der Waals surface area (Å²) in [5, 5.41) is 0. The summed E-state index contributed by atoms with van der Waals surface area (Å²) in [6.45, 7) is 6.84. The summed E-state index contributed by atoms with van der Waals surface area (Å²) >= 11 is 3.42. The molecule has 0 saturated heterocycles. The first-order valence-corrected chi connectivity index (χ1v) is 9.07. The van der Waals surface area contributed by atoms with Crippen molar-refractivity contribution in [1.82, 2.24) is 0 Å². The van der Waals surface area contributed by atoms with Gasteiger partial charge in [-0.05, 0) is 49.4 Å². The maximum atomic E-state index is 12.6. The Bertz CT molecular complexity index is 566. The number of amides is 1. The molecular formula is C18H24BrNO2. The van der Waals surface area contributed by atoms with Gasteiger partial charge in [-0.2, -0.15) is 0 Å². The largest absolute Gasteiger partial charge is 0.312 e. The van der Waals surface area contributed by atoms with Crippen molar-refractivity contribution in [2.75, 3.05) is 11.4 Å². The zero-order valence-corrected chi connectivity index (χ0v) is 15.1. The lowest BCUT2D eigenvalue weighted by atomic mass is 10.0. The average molecular weight is 366 g/mol. The quantitative estimate of drug-likeness (QED) is 0.554. The molecule has 1 atom stereocenters. The third-order valence-electron chi connectivity index (χ3n) is 4.50. The summed E-state index contributed by atoms with van der Waals surface area (Å²) in [5.74, 6) is 0.434. The first kappa shape index (κ1) is 17.2. The number of hydrogen-bond acceptors (Lipinski definition) is 2. The first-order chi connectivity index (χ1) is 10.5. The molecule has 1 unspecified atom stereocenters. The summed E-state index contributed by atoms with van der Waals surface area (Å²) in [7, 11) is 0. The first-order valence-electron chi connectivity index (χ1n) is 8.15. The summed E-state index contributed by atoms with van der Waals surface area (Å²) in [4.78, 5) is 26.6. The molecule has 120 valence electrons. The fraction of sp³-hybridized carbons (Fsp3) is 0.556. The van der Waals surface area contributed by atoms with Crippen LogP contribution < -0.4 is 4.90 Å². The number of fused-ring (bicyclic) bond motifs is 1. The van der Waals surface area contributed by atoms with Gasteiger partial charge in [0.2, 0.25) is 5.91 Å². The predicted octanol–water partition coefficient (Wildman–Crippen LogP) is 4.37. The molecule has 1 aliphatic heterocycles. The number of halogens is 1. The van der Waals surface area contributed by atoms with E-state index in [0.29, 0.717) is 0 Å². The van der Waals surface area contributed by atoms with Crippen molar-refractivity contribution in [3.63, 3.8) is 0 Å². The molecule has 1 amide bonds. The van der Waals surface area contributed by atoms with Gasteiger partial charge < -0.3 is 4.90 Å². The van der Waals surface area contributed by atoms with Crippen LogP contribution in [0.3, 0.4) is 0 Å². The van der Waals surface area contributed by atoms with E-state index < -0.39 is 0 Å². The van der Waals surface area contributed by atoms with Gasteiger partial charge in [0.15, 0.2) is 5.78 Å². The van der Waals surface area contributed by atoms with Crippen LogP contribution in [0.15, 0.2) is 18.2 Å². The van der Waals surface area contributed by atoms with Crippen molar-refractivity contribution in [3.8, 4) is 0 Å². The van der Waals surface area contributed by atoms with Crippen LogP contribution in [0.4, 0.5) is 5.69 Å². The number of Topliss-reactive ketones (excluding diaryl/α,β-unsaturated/α-hetero) is 1. The highest BCUT2D eigenvalue weighted by Gasteiger charge is 2.29. The predicted molar refractivity (Wildman–Crippen MR) is 93.9 cm³/mol. The molecule has 0 radical (unpaired) electrons. The van der Waals surface area contributed by atoms with Gasteiger partial charge in [0, 0.05) is 23.7 Å². The monoisotopic (exact) mass is 365 g/mol. The molecule has 0 saturated carbocycles. The van der Waals surface area contributed by atoms with Crippen LogP contribution in [0.1, 0.15) is 56.0 Å². The molecule has 1 aliphatic rings. The number of carbonyl (C=O) groups is 2. The minimum atomic E-state index is -0.130. The number of carbonyl (C=O) groups excluding carboxylic acids is 2. The Morgan fingerprint density at radius 3 is 2.45 bits per heavy atom. The van der Waals surface area contributed by atoms with Crippen molar-refractivity contribution in [3.05, 3.63) is 29.3 Å². The lowest BCUT2D eigenvalue weighted by molar-refractivity contribution is -0.122. The molecule has 1 aromatic rings. The van der Waals surface area contributed by atoms with Gasteiger partial charge in [-0.25, -0.2) is 0 Å². The molecule has 22 heavy (non-hydrogen) atoms. The van der Waals surface area contributed by atoms with Gasteiger partial charge in [0.25, 0.3) is 0 Å². The standard InChI is InChI=1S/C18H24BrNO2/c1-4-12(5-2)18(22)20-10-9-13-11-14(7-8-16(13)20)17(21)15(19)6-3/h7-8,11-12,15H,4-6,9-10H2,1-3H3. The van der Waals surface area contributed by atoms with Crippen LogP contribution in [0.2, 0.25) is 0 Å². The van der Waals surface area contributed by atoms with E-state index in [1.54, 1.807) is 0 Å². The Hall–Kier alpha value is -1.16. The van der Waals surface area contributed by atoms with Crippen molar-refractivity contribution < 1.29 is 9.59 Å². The second-order valence-corrected chi connectivity index (χ2v) is 6.94. The third kappa shape index (κ3) is 3.27. The second kappa shape index (κ2) is 7.40. The molecular weight excluding hydrogens is 342 g/mol. The van der Waals surface area contributed by atoms with Crippen LogP contribution >= 0.6 is 15.9 Å². The molecule has 0 aliphatic carbocycles. The van der Waals surface area contributed by atoms with Crippen LogP contribution in [0.25, 0.3) is 0 Å². The van der Waals surface area contributed by atoms with Crippen molar-refractivity contribution in [2.24, 2.45) is 5.92 Å². The molecule has 0 bridgehead atoms. The average Bonchev–Trinajstić information content (AvgIpc) is 2.97. The summed E-state index contributed by atoms with van der Waals surface area (Å²) in [5.41, 5.74) is 2.83. The molecule has 0 spiro atoms. The zero-order chi connectivity index (χ0) is 16.3. The van der Waals surface area contributed by atoms with E-state index in [4.69, 9.17) is 0 Å².